The number of nitrogens with two attached hydrogens (primary N) is 1. The molecule has 2 fully saturated rings. The molecule has 3 aliphatic rings. The van der Waals surface area contributed by atoms with E-state index < -0.39 is 6.10 Å². The second kappa shape index (κ2) is 13.3. The van der Waals surface area contributed by atoms with E-state index in [-0.39, 0.29) is 11.7 Å². The predicted molar refractivity (Wildman–Crippen MR) is 155 cm³/mol. The third kappa shape index (κ3) is 6.57. The molecule has 7 heteroatoms. The smallest absolute Gasteiger partial charge is 0.272 e. The molecular formula is C32H44N4O3. The topological polar surface area (TPSA) is 91.4 Å². The van der Waals surface area contributed by atoms with Gasteiger partial charge >= 0.3 is 0 Å². The van der Waals surface area contributed by atoms with Crippen molar-refractivity contribution in [2.75, 3.05) is 18.0 Å². The van der Waals surface area contributed by atoms with Crippen LogP contribution in [0.25, 0.3) is 0 Å². The van der Waals surface area contributed by atoms with Gasteiger partial charge in [0.2, 0.25) is 6.10 Å². The van der Waals surface area contributed by atoms with Crippen LogP contribution in [-0.2, 0) is 4.79 Å². The number of carbonyl (C=O) groups is 1. The summed E-state index contributed by atoms with van der Waals surface area (Å²) in [6.07, 6.45) is 16.3. The Morgan fingerprint density at radius 2 is 1.62 bits per heavy atom. The van der Waals surface area contributed by atoms with Crippen LogP contribution in [-0.4, -0.2) is 47.0 Å². The second-order valence-electron chi connectivity index (χ2n) is 11.4. The summed E-state index contributed by atoms with van der Waals surface area (Å²) in [7, 11) is 0. The highest BCUT2D eigenvalue weighted by Crippen LogP contribution is 2.39. The lowest BCUT2D eigenvalue weighted by Crippen LogP contribution is -2.45. The number of carbonyl (C=O) groups excluding carboxylic acids is 1. The summed E-state index contributed by atoms with van der Waals surface area (Å²) in [5.41, 5.74) is 7.88. The standard InChI is InChI=1S/C32H44N4O3/c33-31(34-38)25-14-12-13-24(23-25)30-32(37)36(28-19-8-9-20-29(28)39-30)22-11-3-10-21-35(26-15-4-1-5-16-26)27-17-6-2-7-18-27/h8-9,12-14,19-20,23,26-27,30,38H,1-7,10-11,15-18,21-22H2,(H2,33,34). The molecule has 5 rings (SSSR count). The zero-order valence-electron chi connectivity index (χ0n) is 23.1. The molecule has 2 aliphatic carbocycles. The van der Waals surface area contributed by atoms with Crippen molar-refractivity contribution in [2.45, 2.75) is 102 Å². The van der Waals surface area contributed by atoms with E-state index in [0.29, 0.717) is 23.4 Å². The number of nitrogens with zero attached hydrogens (tertiary/aromatic N) is 3. The molecule has 2 aromatic carbocycles. The minimum atomic E-state index is -0.764. The number of anilines is 1. The summed E-state index contributed by atoms with van der Waals surface area (Å²) in [4.78, 5) is 18.5. The number of oxime groups is 1. The highest BCUT2D eigenvalue weighted by molar-refractivity contribution is 6.01. The Hall–Kier alpha value is -3.06. The van der Waals surface area contributed by atoms with Crippen molar-refractivity contribution < 1.29 is 14.7 Å². The van der Waals surface area contributed by atoms with E-state index in [9.17, 15) is 4.79 Å². The van der Waals surface area contributed by atoms with E-state index in [1.807, 2.05) is 35.2 Å². The van der Waals surface area contributed by atoms with E-state index in [4.69, 9.17) is 15.7 Å². The SMILES string of the molecule is N/C(=N\O)c1cccc(C2Oc3ccccc3N(CCCCCN(C3CCCCC3)C3CCCCC3)C2=O)c1. The molecule has 0 bridgehead atoms. The monoisotopic (exact) mass is 532 g/mol. The molecule has 0 saturated heterocycles. The van der Waals surface area contributed by atoms with E-state index in [1.54, 1.807) is 18.2 Å². The van der Waals surface area contributed by atoms with E-state index in [1.165, 1.54) is 77.2 Å². The van der Waals surface area contributed by atoms with Gasteiger partial charge in [0.05, 0.1) is 5.69 Å². The number of hydrogen-bond donors (Lipinski definition) is 2. The number of amidine groups is 1. The first-order valence-electron chi connectivity index (χ1n) is 15.1. The molecule has 1 atom stereocenters. The van der Waals surface area contributed by atoms with Crippen LogP contribution in [0.4, 0.5) is 5.69 Å². The van der Waals surface area contributed by atoms with Crippen molar-refractivity contribution in [3.05, 3.63) is 59.7 Å². The molecule has 210 valence electrons. The minimum absolute atomic E-state index is 0.00728. The normalized spacial score (nSPS) is 21.2. The Morgan fingerprint density at radius 3 is 2.31 bits per heavy atom. The molecule has 7 nitrogen and oxygen atoms in total. The van der Waals surface area contributed by atoms with Crippen LogP contribution in [0.1, 0.15) is 101 Å². The van der Waals surface area contributed by atoms with Crippen LogP contribution in [0, 0.1) is 0 Å². The Bertz CT molecular complexity index is 1110. The van der Waals surface area contributed by atoms with Gasteiger partial charge in [-0.05, 0) is 63.3 Å². The van der Waals surface area contributed by atoms with Crippen molar-refractivity contribution in [2.24, 2.45) is 10.9 Å². The number of rotatable bonds is 10. The zero-order chi connectivity index (χ0) is 27.0. The van der Waals surface area contributed by atoms with Crippen molar-refractivity contribution in [3.8, 4) is 5.75 Å². The van der Waals surface area contributed by atoms with Gasteiger partial charge in [0, 0.05) is 29.8 Å². The van der Waals surface area contributed by atoms with Gasteiger partial charge in [0.15, 0.2) is 5.84 Å². The molecule has 1 aliphatic heterocycles. The van der Waals surface area contributed by atoms with Crippen LogP contribution < -0.4 is 15.4 Å². The molecule has 1 unspecified atom stereocenters. The average Bonchev–Trinajstić information content (AvgIpc) is 3.00. The maximum atomic E-state index is 13.7. The summed E-state index contributed by atoms with van der Waals surface area (Å²) in [6, 6.07) is 16.5. The number of amides is 1. The third-order valence-corrected chi connectivity index (χ3v) is 8.87. The maximum Gasteiger partial charge on any atom is 0.272 e. The van der Waals surface area contributed by atoms with Crippen molar-refractivity contribution in [1.29, 1.82) is 0 Å². The van der Waals surface area contributed by atoms with Crippen molar-refractivity contribution >= 4 is 17.4 Å². The largest absolute Gasteiger partial charge is 0.474 e. The number of hydrogen-bond acceptors (Lipinski definition) is 5. The molecule has 1 amide bonds. The van der Waals surface area contributed by atoms with Gasteiger partial charge in [-0.2, -0.15) is 0 Å². The number of ether oxygens (including phenoxy) is 1. The molecule has 0 spiro atoms. The Morgan fingerprint density at radius 1 is 0.923 bits per heavy atom. The molecule has 39 heavy (non-hydrogen) atoms. The lowest BCUT2D eigenvalue weighted by molar-refractivity contribution is -0.126. The first kappa shape index (κ1) is 27.5. The summed E-state index contributed by atoms with van der Waals surface area (Å²) in [5, 5.41) is 12.2. The fraction of sp³-hybridized carbons (Fsp3) is 0.562. The predicted octanol–water partition coefficient (Wildman–Crippen LogP) is 6.39. The zero-order valence-corrected chi connectivity index (χ0v) is 23.1. The summed E-state index contributed by atoms with van der Waals surface area (Å²) < 4.78 is 6.18. The molecular weight excluding hydrogens is 488 g/mol. The van der Waals surface area contributed by atoms with E-state index >= 15 is 0 Å². The van der Waals surface area contributed by atoms with Crippen LogP contribution in [0.15, 0.2) is 53.7 Å². The summed E-state index contributed by atoms with van der Waals surface area (Å²) in [6.45, 7) is 1.86. The van der Waals surface area contributed by atoms with Gasteiger partial charge in [-0.3, -0.25) is 9.69 Å². The maximum absolute atomic E-state index is 13.7. The Labute approximate surface area is 233 Å². The van der Waals surface area contributed by atoms with Gasteiger partial charge in [0.25, 0.3) is 5.91 Å². The summed E-state index contributed by atoms with van der Waals surface area (Å²) >= 11 is 0. The van der Waals surface area contributed by atoms with Crippen molar-refractivity contribution in [1.82, 2.24) is 4.90 Å². The summed E-state index contributed by atoms with van der Waals surface area (Å²) in [5.74, 6) is 0.640. The highest BCUT2D eigenvalue weighted by atomic mass is 16.5. The molecule has 0 radical (unpaired) electrons. The molecule has 1 heterocycles. The van der Waals surface area contributed by atoms with E-state index in [2.05, 4.69) is 10.1 Å². The number of fused-ring (bicyclic) bond motifs is 1. The van der Waals surface area contributed by atoms with Gasteiger partial charge in [-0.15, -0.1) is 0 Å². The third-order valence-electron chi connectivity index (χ3n) is 8.87. The fourth-order valence-corrected chi connectivity index (χ4v) is 6.81. The second-order valence-corrected chi connectivity index (χ2v) is 11.4. The van der Waals surface area contributed by atoms with Gasteiger partial charge in [-0.25, -0.2) is 0 Å². The fourth-order valence-electron chi connectivity index (χ4n) is 6.81. The van der Waals surface area contributed by atoms with Crippen LogP contribution in [0.5, 0.6) is 5.75 Å². The Balaban J connectivity index is 1.22. The quantitative estimate of drug-likeness (QED) is 0.122. The van der Waals surface area contributed by atoms with Crippen LogP contribution in [0.3, 0.4) is 0 Å². The minimum Gasteiger partial charge on any atom is -0.474 e. The van der Waals surface area contributed by atoms with Crippen LogP contribution >= 0.6 is 0 Å². The first-order valence-corrected chi connectivity index (χ1v) is 15.1. The Kier molecular flexibility index (Phi) is 9.40. The lowest BCUT2D eigenvalue weighted by Gasteiger charge is -2.42. The number of benzene rings is 2. The molecule has 2 saturated carbocycles. The number of para-hydroxylation sites is 2. The molecule has 3 N–H and O–H groups in total. The van der Waals surface area contributed by atoms with Gasteiger partial charge in [0.1, 0.15) is 5.75 Å². The molecule has 0 aromatic heterocycles. The lowest BCUT2D eigenvalue weighted by atomic mass is 9.88. The van der Waals surface area contributed by atoms with Crippen LogP contribution in [0.2, 0.25) is 0 Å². The van der Waals surface area contributed by atoms with Gasteiger partial charge < -0.3 is 20.6 Å². The van der Waals surface area contributed by atoms with Gasteiger partial charge in [-0.1, -0.05) is 80.4 Å². The van der Waals surface area contributed by atoms with E-state index in [0.717, 1.165) is 30.6 Å². The number of unbranched alkanes of at least 4 members (excludes halogenated alkanes) is 2. The van der Waals surface area contributed by atoms with Crippen molar-refractivity contribution in [3.63, 3.8) is 0 Å². The first-order chi connectivity index (χ1) is 19.2. The molecule has 2 aromatic rings. The average molecular weight is 533 g/mol. The highest BCUT2D eigenvalue weighted by Gasteiger charge is 2.35.